The molecule has 0 saturated heterocycles. The number of benzene rings is 7. The molecular weight excluding hydrogens is 625 g/mol. The number of aromatic nitrogens is 4. The van der Waals surface area contributed by atoms with Gasteiger partial charge in [-0.3, -0.25) is 4.98 Å². The van der Waals surface area contributed by atoms with Gasteiger partial charge in [-0.05, 0) is 74.8 Å². The van der Waals surface area contributed by atoms with E-state index in [1.165, 1.54) is 0 Å². The van der Waals surface area contributed by atoms with Crippen molar-refractivity contribution < 1.29 is 4.42 Å². The number of nitrogens with zero attached hydrogens (tertiary/aromatic N) is 4. The van der Waals surface area contributed by atoms with Gasteiger partial charge in [0.2, 0.25) is 5.89 Å². The van der Waals surface area contributed by atoms with Crippen molar-refractivity contribution in [2.24, 2.45) is 0 Å². The van der Waals surface area contributed by atoms with Crippen molar-refractivity contribution in [3.63, 3.8) is 0 Å². The largest absolute Gasteiger partial charge is 0.436 e. The molecule has 0 bridgehead atoms. The van der Waals surface area contributed by atoms with Gasteiger partial charge in [0.1, 0.15) is 5.52 Å². The quantitative estimate of drug-likeness (QED) is 0.185. The number of para-hydroxylation sites is 1. The second kappa shape index (κ2) is 11.9. The van der Waals surface area contributed by atoms with Crippen LogP contribution in [-0.4, -0.2) is 19.9 Å². The average molecular weight is 653 g/mol. The predicted octanol–water partition coefficient (Wildman–Crippen LogP) is 11.8. The summed E-state index contributed by atoms with van der Waals surface area (Å²) in [7, 11) is 0. The monoisotopic (exact) mass is 652 g/mol. The molecule has 0 spiro atoms. The minimum atomic E-state index is 0.590. The molecule has 0 radical (unpaired) electrons. The Morgan fingerprint density at radius 2 is 1.20 bits per heavy atom. The predicted molar refractivity (Wildman–Crippen MR) is 207 cm³/mol. The molecule has 0 aliphatic carbocycles. The molecule has 3 aromatic heterocycles. The van der Waals surface area contributed by atoms with Gasteiger partial charge in [0.15, 0.2) is 11.4 Å². The summed E-state index contributed by atoms with van der Waals surface area (Å²) in [4.78, 5) is 19.5. The summed E-state index contributed by atoms with van der Waals surface area (Å²) < 4.78 is 6.47. The van der Waals surface area contributed by atoms with E-state index in [9.17, 15) is 0 Å². The van der Waals surface area contributed by atoms with Crippen LogP contribution in [-0.2, 0) is 0 Å². The fraction of sp³-hybridized carbons (Fsp3) is 0. The van der Waals surface area contributed by atoms with Gasteiger partial charge < -0.3 is 4.42 Å². The summed E-state index contributed by atoms with van der Waals surface area (Å²) >= 11 is 0. The van der Waals surface area contributed by atoms with E-state index in [1.54, 1.807) is 6.20 Å². The van der Waals surface area contributed by atoms with Crippen LogP contribution >= 0.6 is 0 Å². The van der Waals surface area contributed by atoms with E-state index in [2.05, 4.69) is 132 Å². The first kappa shape index (κ1) is 29.0. The van der Waals surface area contributed by atoms with Gasteiger partial charge in [-0.1, -0.05) is 121 Å². The Bertz CT molecular complexity index is 2930. The van der Waals surface area contributed by atoms with Gasteiger partial charge in [-0.25, -0.2) is 15.0 Å². The summed E-state index contributed by atoms with van der Waals surface area (Å²) in [6, 6.07) is 54.5. The lowest BCUT2D eigenvalue weighted by molar-refractivity contribution is 0.620. The molecule has 10 aromatic rings. The Kier molecular flexibility index (Phi) is 6.74. The van der Waals surface area contributed by atoms with Crippen molar-refractivity contribution in [2.45, 2.75) is 0 Å². The Labute approximate surface area is 293 Å². The number of rotatable bonds is 5. The highest BCUT2D eigenvalue weighted by atomic mass is 16.3. The van der Waals surface area contributed by atoms with Crippen LogP contribution in [0.15, 0.2) is 175 Å². The van der Waals surface area contributed by atoms with Crippen molar-refractivity contribution in [3.05, 3.63) is 170 Å². The first-order valence-corrected chi connectivity index (χ1v) is 17.0. The van der Waals surface area contributed by atoms with E-state index >= 15 is 0 Å². The van der Waals surface area contributed by atoms with Gasteiger partial charge in [0.05, 0.1) is 11.2 Å². The number of oxazole rings is 1. The number of hydrogen-bond acceptors (Lipinski definition) is 5. The minimum absolute atomic E-state index is 0.590. The molecule has 10 rings (SSSR count). The third-order valence-corrected chi connectivity index (χ3v) is 9.60. The standard InChI is InChI=1S/C46H28N4O/c1-2-11-30(12-3-1)44-39-16-8-9-17-40(39)48-45(50-44)38-15-7-6-14-36(38)37-22-20-29-10-4-5-13-35(29)43(37)32-21-23-41-42(27-32)51-46(49-41)33-18-19-34-28-47-25-24-31(34)26-33/h1-28H. The molecule has 0 atom stereocenters. The highest BCUT2D eigenvalue weighted by Gasteiger charge is 2.20. The van der Waals surface area contributed by atoms with E-state index in [1.807, 2.05) is 36.5 Å². The van der Waals surface area contributed by atoms with Crippen molar-refractivity contribution in [1.82, 2.24) is 19.9 Å². The number of hydrogen-bond donors (Lipinski definition) is 0. The van der Waals surface area contributed by atoms with E-state index in [-0.39, 0.29) is 0 Å². The van der Waals surface area contributed by atoms with Crippen LogP contribution in [0.3, 0.4) is 0 Å². The molecule has 0 saturated carbocycles. The maximum absolute atomic E-state index is 6.47. The zero-order valence-electron chi connectivity index (χ0n) is 27.4. The van der Waals surface area contributed by atoms with Crippen LogP contribution in [0, 0.1) is 0 Å². The highest BCUT2D eigenvalue weighted by Crippen LogP contribution is 2.43. The molecular formula is C46H28N4O. The van der Waals surface area contributed by atoms with Crippen LogP contribution in [0.5, 0.6) is 0 Å². The third kappa shape index (κ3) is 5.03. The molecule has 0 N–H and O–H groups in total. The molecule has 51 heavy (non-hydrogen) atoms. The smallest absolute Gasteiger partial charge is 0.227 e. The second-order valence-corrected chi connectivity index (χ2v) is 12.7. The van der Waals surface area contributed by atoms with Gasteiger partial charge in [-0.15, -0.1) is 0 Å². The molecule has 5 heteroatoms. The maximum atomic E-state index is 6.47. The number of pyridine rings is 1. The lowest BCUT2D eigenvalue weighted by Gasteiger charge is -2.17. The topological polar surface area (TPSA) is 64.7 Å². The van der Waals surface area contributed by atoms with E-state index in [0.29, 0.717) is 11.7 Å². The van der Waals surface area contributed by atoms with Crippen LogP contribution in [0.1, 0.15) is 0 Å². The second-order valence-electron chi connectivity index (χ2n) is 12.7. The Hall–Kier alpha value is -6.98. The molecule has 5 nitrogen and oxygen atoms in total. The third-order valence-electron chi connectivity index (χ3n) is 9.60. The zero-order chi connectivity index (χ0) is 33.7. The molecule has 238 valence electrons. The van der Waals surface area contributed by atoms with Crippen LogP contribution in [0.25, 0.3) is 99.9 Å². The van der Waals surface area contributed by atoms with E-state index in [0.717, 1.165) is 88.2 Å². The van der Waals surface area contributed by atoms with Crippen LogP contribution in [0.4, 0.5) is 0 Å². The normalized spacial score (nSPS) is 11.5. The van der Waals surface area contributed by atoms with Crippen LogP contribution in [0.2, 0.25) is 0 Å². The maximum Gasteiger partial charge on any atom is 0.227 e. The lowest BCUT2D eigenvalue weighted by Crippen LogP contribution is -1.97. The first-order valence-electron chi connectivity index (χ1n) is 17.0. The molecule has 7 aromatic carbocycles. The molecule has 0 aliphatic heterocycles. The van der Waals surface area contributed by atoms with E-state index in [4.69, 9.17) is 19.4 Å². The number of fused-ring (bicyclic) bond motifs is 4. The highest BCUT2D eigenvalue weighted by molar-refractivity contribution is 6.07. The first-order chi connectivity index (χ1) is 25.3. The summed E-state index contributed by atoms with van der Waals surface area (Å²) in [5.41, 5.74) is 10.6. The molecule has 0 fully saturated rings. The Morgan fingerprint density at radius 1 is 0.431 bits per heavy atom. The van der Waals surface area contributed by atoms with Crippen molar-refractivity contribution in [2.75, 3.05) is 0 Å². The summed E-state index contributed by atoms with van der Waals surface area (Å²) in [6.45, 7) is 0. The zero-order valence-corrected chi connectivity index (χ0v) is 27.4. The van der Waals surface area contributed by atoms with Gasteiger partial charge in [0.25, 0.3) is 0 Å². The summed E-state index contributed by atoms with van der Waals surface area (Å²) in [6.07, 6.45) is 3.67. The molecule has 0 unspecified atom stereocenters. The Balaban J connectivity index is 1.16. The van der Waals surface area contributed by atoms with Gasteiger partial charge in [-0.2, -0.15) is 0 Å². The van der Waals surface area contributed by atoms with Crippen LogP contribution < -0.4 is 0 Å². The SMILES string of the molecule is c1ccc(-c2nc(-c3ccccc3-c3ccc4ccccc4c3-c3ccc4nc(-c5ccc6cnccc6c5)oc4c3)nc3ccccc23)cc1. The molecule has 3 heterocycles. The fourth-order valence-electron chi connectivity index (χ4n) is 7.15. The lowest BCUT2D eigenvalue weighted by atomic mass is 9.87. The fourth-order valence-corrected chi connectivity index (χ4v) is 7.15. The molecule has 0 aliphatic rings. The van der Waals surface area contributed by atoms with Gasteiger partial charge in [0, 0.05) is 39.9 Å². The molecule has 0 amide bonds. The van der Waals surface area contributed by atoms with Crippen molar-refractivity contribution in [3.8, 4) is 56.4 Å². The Morgan fingerprint density at radius 3 is 2.12 bits per heavy atom. The van der Waals surface area contributed by atoms with Crippen molar-refractivity contribution >= 4 is 43.5 Å². The van der Waals surface area contributed by atoms with Gasteiger partial charge >= 0.3 is 0 Å². The van der Waals surface area contributed by atoms with Crippen molar-refractivity contribution in [1.29, 1.82) is 0 Å². The van der Waals surface area contributed by atoms with E-state index < -0.39 is 0 Å². The average Bonchev–Trinajstić information content (AvgIpc) is 3.64. The summed E-state index contributed by atoms with van der Waals surface area (Å²) in [5, 5.41) is 5.50. The minimum Gasteiger partial charge on any atom is -0.436 e. The summed E-state index contributed by atoms with van der Waals surface area (Å²) in [5.74, 6) is 1.27.